The summed E-state index contributed by atoms with van der Waals surface area (Å²) >= 11 is 1.26. The van der Waals surface area contributed by atoms with Crippen LogP contribution in [0.15, 0.2) is 47.4 Å². The Labute approximate surface area is 159 Å². The SMILES string of the molecule is C[C@]1(c2ccc3c(c2)OCO3)NC(=O)N(CCSc2ccccc2F)C1=O. The second-order valence-electron chi connectivity index (χ2n) is 6.36. The van der Waals surface area contributed by atoms with Crippen LogP contribution in [0, 0.1) is 5.82 Å². The van der Waals surface area contributed by atoms with Gasteiger partial charge in [0.25, 0.3) is 5.91 Å². The molecule has 2 aliphatic rings. The predicted molar refractivity (Wildman–Crippen MR) is 97.3 cm³/mol. The Morgan fingerprint density at radius 1 is 1.19 bits per heavy atom. The van der Waals surface area contributed by atoms with Gasteiger partial charge in [0.2, 0.25) is 6.79 Å². The van der Waals surface area contributed by atoms with Crippen molar-refractivity contribution in [2.24, 2.45) is 0 Å². The fraction of sp³-hybridized carbons (Fsp3) is 0.263. The number of carbonyl (C=O) groups excluding carboxylic acids is 2. The quantitative estimate of drug-likeness (QED) is 0.630. The molecule has 1 atom stereocenters. The van der Waals surface area contributed by atoms with Crippen LogP contribution in [0.2, 0.25) is 0 Å². The molecule has 0 aliphatic carbocycles. The summed E-state index contributed by atoms with van der Waals surface area (Å²) in [6, 6.07) is 11.1. The number of thioether (sulfide) groups is 1. The summed E-state index contributed by atoms with van der Waals surface area (Å²) in [7, 11) is 0. The second kappa shape index (κ2) is 6.77. The Morgan fingerprint density at radius 2 is 1.96 bits per heavy atom. The van der Waals surface area contributed by atoms with Gasteiger partial charge in [0.05, 0.1) is 0 Å². The number of imide groups is 1. The monoisotopic (exact) mass is 388 g/mol. The van der Waals surface area contributed by atoms with Gasteiger partial charge in [-0.3, -0.25) is 9.69 Å². The zero-order chi connectivity index (χ0) is 19.0. The van der Waals surface area contributed by atoms with Crippen molar-refractivity contribution in [3.8, 4) is 11.5 Å². The zero-order valence-corrected chi connectivity index (χ0v) is 15.3. The van der Waals surface area contributed by atoms with E-state index < -0.39 is 11.6 Å². The molecule has 0 unspecified atom stereocenters. The fourth-order valence-corrected chi connectivity index (χ4v) is 3.99. The van der Waals surface area contributed by atoms with Crippen LogP contribution < -0.4 is 14.8 Å². The fourth-order valence-electron chi connectivity index (χ4n) is 3.11. The Hall–Kier alpha value is -2.74. The van der Waals surface area contributed by atoms with Crippen LogP contribution in [-0.4, -0.2) is 35.9 Å². The Morgan fingerprint density at radius 3 is 2.78 bits per heavy atom. The van der Waals surface area contributed by atoms with Gasteiger partial charge in [0.15, 0.2) is 11.5 Å². The van der Waals surface area contributed by atoms with Crippen LogP contribution in [0.4, 0.5) is 9.18 Å². The van der Waals surface area contributed by atoms with Crippen molar-refractivity contribution < 1.29 is 23.5 Å². The summed E-state index contributed by atoms with van der Waals surface area (Å²) in [5, 5.41) is 2.76. The average molecular weight is 388 g/mol. The van der Waals surface area contributed by atoms with Crippen molar-refractivity contribution in [2.75, 3.05) is 19.1 Å². The van der Waals surface area contributed by atoms with E-state index in [0.717, 1.165) is 0 Å². The van der Waals surface area contributed by atoms with Gasteiger partial charge in [-0.15, -0.1) is 11.8 Å². The van der Waals surface area contributed by atoms with Gasteiger partial charge >= 0.3 is 6.03 Å². The molecule has 3 amide bonds. The number of rotatable bonds is 5. The maximum absolute atomic E-state index is 13.7. The number of nitrogens with zero attached hydrogens (tertiary/aromatic N) is 1. The number of halogens is 1. The number of hydrogen-bond acceptors (Lipinski definition) is 5. The molecule has 1 saturated heterocycles. The van der Waals surface area contributed by atoms with Crippen molar-refractivity contribution in [2.45, 2.75) is 17.4 Å². The number of carbonyl (C=O) groups is 2. The van der Waals surface area contributed by atoms with Gasteiger partial charge in [-0.25, -0.2) is 9.18 Å². The lowest BCUT2D eigenvalue weighted by Crippen LogP contribution is -2.41. The number of ether oxygens (including phenoxy) is 2. The first-order valence-electron chi connectivity index (χ1n) is 8.40. The van der Waals surface area contributed by atoms with Crippen molar-refractivity contribution in [1.82, 2.24) is 10.2 Å². The molecule has 0 radical (unpaired) electrons. The molecule has 140 valence electrons. The minimum atomic E-state index is -1.18. The summed E-state index contributed by atoms with van der Waals surface area (Å²) < 4.78 is 24.3. The largest absolute Gasteiger partial charge is 0.454 e. The highest BCUT2D eigenvalue weighted by Crippen LogP contribution is 2.38. The van der Waals surface area contributed by atoms with E-state index in [1.165, 1.54) is 22.7 Å². The molecule has 0 bridgehead atoms. The lowest BCUT2D eigenvalue weighted by Gasteiger charge is -2.22. The summed E-state index contributed by atoms with van der Waals surface area (Å²) in [4.78, 5) is 27.0. The van der Waals surface area contributed by atoms with Crippen molar-refractivity contribution in [3.63, 3.8) is 0 Å². The van der Waals surface area contributed by atoms with E-state index in [-0.39, 0.29) is 25.1 Å². The number of amides is 3. The van der Waals surface area contributed by atoms with Crippen molar-refractivity contribution in [1.29, 1.82) is 0 Å². The smallest absolute Gasteiger partial charge is 0.325 e. The summed E-state index contributed by atoms with van der Waals surface area (Å²) in [5.41, 5.74) is -0.560. The van der Waals surface area contributed by atoms with Crippen LogP contribution in [0.1, 0.15) is 12.5 Å². The molecule has 27 heavy (non-hydrogen) atoms. The molecule has 2 aromatic carbocycles. The average Bonchev–Trinajstić information content (AvgIpc) is 3.21. The van der Waals surface area contributed by atoms with E-state index in [0.29, 0.717) is 27.7 Å². The van der Waals surface area contributed by atoms with Gasteiger partial charge in [-0.1, -0.05) is 18.2 Å². The molecule has 6 nitrogen and oxygen atoms in total. The first-order valence-corrected chi connectivity index (χ1v) is 9.39. The van der Waals surface area contributed by atoms with E-state index in [4.69, 9.17) is 9.47 Å². The van der Waals surface area contributed by atoms with Crippen molar-refractivity contribution in [3.05, 3.63) is 53.8 Å². The second-order valence-corrected chi connectivity index (χ2v) is 7.50. The molecule has 2 heterocycles. The number of hydrogen-bond donors (Lipinski definition) is 1. The number of nitrogens with one attached hydrogen (secondary N) is 1. The molecule has 1 N–H and O–H groups in total. The summed E-state index contributed by atoms with van der Waals surface area (Å²) in [6.07, 6.45) is 0. The van der Waals surface area contributed by atoms with Crippen molar-refractivity contribution >= 4 is 23.7 Å². The summed E-state index contributed by atoms with van der Waals surface area (Å²) in [6.45, 7) is 1.98. The highest BCUT2D eigenvalue weighted by molar-refractivity contribution is 7.99. The third-order valence-electron chi connectivity index (χ3n) is 4.63. The molecule has 4 rings (SSSR count). The van der Waals surface area contributed by atoms with Gasteiger partial charge in [0.1, 0.15) is 11.4 Å². The minimum Gasteiger partial charge on any atom is -0.454 e. The van der Waals surface area contributed by atoms with E-state index in [1.807, 2.05) is 0 Å². The Balaban J connectivity index is 1.47. The molecule has 8 heteroatoms. The highest BCUT2D eigenvalue weighted by Gasteiger charge is 2.49. The van der Waals surface area contributed by atoms with E-state index >= 15 is 0 Å². The third kappa shape index (κ3) is 3.10. The number of urea groups is 1. The molecule has 1 fully saturated rings. The van der Waals surface area contributed by atoms with Gasteiger partial charge in [0, 0.05) is 17.2 Å². The van der Waals surface area contributed by atoms with Gasteiger partial charge in [-0.05, 0) is 36.8 Å². The molecule has 0 spiro atoms. The molecule has 2 aliphatic heterocycles. The third-order valence-corrected chi connectivity index (χ3v) is 5.66. The zero-order valence-electron chi connectivity index (χ0n) is 14.5. The van der Waals surface area contributed by atoms with Gasteiger partial charge < -0.3 is 14.8 Å². The topological polar surface area (TPSA) is 67.9 Å². The lowest BCUT2D eigenvalue weighted by atomic mass is 9.91. The van der Waals surface area contributed by atoms with E-state index in [2.05, 4.69) is 5.32 Å². The van der Waals surface area contributed by atoms with Crippen LogP contribution >= 0.6 is 11.8 Å². The maximum Gasteiger partial charge on any atom is 0.325 e. The molecule has 0 aromatic heterocycles. The summed E-state index contributed by atoms with van der Waals surface area (Å²) in [5.74, 6) is 0.893. The Bertz CT molecular complexity index is 922. The van der Waals surface area contributed by atoms with Crippen LogP contribution in [0.5, 0.6) is 11.5 Å². The van der Waals surface area contributed by atoms with Crippen LogP contribution in [0.3, 0.4) is 0 Å². The molecule has 2 aromatic rings. The first-order chi connectivity index (χ1) is 13.0. The lowest BCUT2D eigenvalue weighted by molar-refractivity contribution is -0.130. The Kier molecular flexibility index (Phi) is 4.43. The van der Waals surface area contributed by atoms with Crippen LogP contribution in [0.25, 0.3) is 0 Å². The number of fused-ring (bicyclic) bond motifs is 1. The minimum absolute atomic E-state index is 0.134. The predicted octanol–water partition coefficient (Wildman–Crippen LogP) is 3.11. The first kappa shape index (κ1) is 17.7. The highest BCUT2D eigenvalue weighted by atomic mass is 32.2. The molecular weight excluding hydrogens is 371 g/mol. The molecule has 0 saturated carbocycles. The van der Waals surface area contributed by atoms with Crippen LogP contribution in [-0.2, 0) is 10.3 Å². The van der Waals surface area contributed by atoms with E-state index in [9.17, 15) is 14.0 Å². The van der Waals surface area contributed by atoms with E-state index in [1.54, 1.807) is 43.3 Å². The molecular formula is C19H17FN2O4S. The van der Waals surface area contributed by atoms with Gasteiger partial charge in [-0.2, -0.15) is 0 Å². The number of benzene rings is 2. The normalized spacial score (nSPS) is 20.9. The maximum atomic E-state index is 13.7. The standard InChI is InChI=1S/C19H17FN2O4S/c1-19(12-6-7-14-15(10-12)26-11-25-14)17(23)22(18(24)21-19)8-9-27-16-5-3-2-4-13(16)20/h2-7,10H,8-9,11H2,1H3,(H,21,24)/t19-/m1/s1.